The van der Waals surface area contributed by atoms with Gasteiger partial charge in [-0.15, -0.1) is 11.3 Å². The molecule has 1 saturated heterocycles. The molecule has 2 N–H and O–H groups in total. The van der Waals surface area contributed by atoms with Gasteiger partial charge in [0.2, 0.25) is 11.8 Å². The molecule has 30 heavy (non-hydrogen) atoms. The van der Waals surface area contributed by atoms with Gasteiger partial charge in [-0.25, -0.2) is 0 Å². The fraction of sp³-hybridized carbons (Fsp3) is 0.478. The first-order valence-corrected chi connectivity index (χ1v) is 11.4. The molecule has 1 spiro atoms. The summed E-state index contributed by atoms with van der Waals surface area (Å²) in [5, 5.41) is 9.28. The zero-order valence-electron chi connectivity index (χ0n) is 18.0. The van der Waals surface area contributed by atoms with Crippen molar-refractivity contribution >= 4 is 40.4 Å². The van der Waals surface area contributed by atoms with Crippen LogP contribution < -0.4 is 10.6 Å². The van der Waals surface area contributed by atoms with Crippen LogP contribution in [0.25, 0.3) is 0 Å². The summed E-state index contributed by atoms with van der Waals surface area (Å²) < 4.78 is 0. The highest BCUT2D eigenvalue weighted by Gasteiger charge is 2.66. The van der Waals surface area contributed by atoms with Crippen LogP contribution in [0.15, 0.2) is 35.7 Å². The van der Waals surface area contributed by atoms with Gasteiger partial charge in [-0.1, -0.05) is 44.5 Å². The number of amides is 2. The zero-order chi connectivity index (χ0) is 21.8. The molecule has 0 aliphatic carbocycles. The summed E-state index contributed by atoms with van der Waals surface area (Å²) in [7, 11) is 3.53. The molecule has 0 radical (unpaired) electrons. The number of anilines is 1. The lowest BCUT2D eigenvalue weighted by molar-refractivity contribution is -0.131. The highest BCUT2D eigenvalue weighted by Crippen LogP contribution is 2.57. The molecule has 0 bridgehead atoms. The van der Waals surface area contributed by atoms with Gasteiger partial charge in [-0.05, 0) is 41.0 Å². The van der Waals surface area contributed by atoms with E-state index in [1.165, 1.54) is 0 Å². The first-order valence-electron chi connectivity index (χ1n) is 10.2. The molecule has 2 aliphatic heterocycles. The van der Waals surface area contributed by atoms with Crippen LogP contribution in [0.3, 0.4) is 0 Å². The van der Waals surface area contributed by atoms with E-state index >= 15 is 0 Å². The number of likely N-dealkylation sites (N-methyl/N-ethyl adjacent to an activating group) is 1. The molecule has 1 fully saturated rings. The maximum atomic E-state index is 13.8. The third-order valence-electron chi connectivity index (χ3n) is 6.18. The average Bonchev–Trinajstić information content (AvgIpc) is 3.32. The number of thiophene rings is 1. The molecule has 2 amide bonds. The van der Waals surface area contributed by atoms with Crippen LogP contribution >= 0.6 is 22.9 Å². The molecule has 3 heterocycles. The molecule has 2 aromatic rings. The van der Waals surface area contributed by atoms with Gasteiger partial charge in [-0.2, -0.15) is 0 Å². The second kappa shape index (κ2) is 7.36. The maximum Gasteiger partial charge on any atom is 0.239 e. The van der Waals surface area contributed by atoms with Crippen LogP contribution in [-0.4, -0.2) is 42.9 Å². The molecular weight excluding hydrogens is 418 g/mol. The largest absolute Gasteiger partial charge is 0.347 e. The summed E-state index contributed by atoms with van der Waals surface area (Å²) in [6.45, 7) is 6.50. The third-order valence-corrected chi connectivity index (χ3v) is 7.37. The van der Waals surface area contributed by atoms with E-state index in [0.717, 1.165) is 22.5 Å². The summed E-state index contributed by atoms with van der Waals surface area (Å²) in [5.74, 6) is -0.379. The lowest BCUT2D eigenvalue weighted by Crippen LogP contribution is -2.49. The number of halogens is 1. The highest BCUT2D eigenvalue weighted by molar-refractivity contribution is 7.10. The quantitative estimate of drug-likeness (QED) is 0.742. The van der Waals surface area contributed by atoms with Crippen molar-refractivity contribution in [1.29, 1.82) is 0 Å². The van der Waals surface area contributed by atoms with Crippen molar-refractivity contribution in [1.82, 2.24) is 10.2 Å². The molecule has 1 aromatic carbocycles. The number of hydrogen-bond donors (Lipinski definition) is 2. The van der Waals surface area contributed by atoms with E-state index in [4.69, 9.17) is 11.6 Å². The van der Waals surface area contributed by atoms with Gasteiger partial charge < -0.3 is 15.5 Å². The number of benzene rings is 1. The number of carbonyl (C=O) groups excluding carboxylic acids is 2. The van der Waals surface area contributed by atoms with Gasteiger partial charge in [0.15, 0.2) is 0 Å². The third kappa shape index (κ3) is 3.26. The zero-order valence-corrected chi connectivity index (χ0v) is 19.5. The van der Waals surface area contributed by atoms with Gasteiger partial charge >= 0.3 is 0 Å². The molecule has 0 saturated carbocycles. The Hall–Kier alpha value is -1.89. The first kappa shape index (κ1) is 21.3. The van der Waals surface area contributed by atoms with Crippen molar-refractivity contribution in [2.45, 2.75) is 50.6 Å². The minimum absolute atomic E-state index is 0.0144. The minimum Gasteiger partial charge on any atom is -0.347 e. The fourth-order valence-corrected chi connectivity index (χ4v) is 6.20. The number of nitrogens with one attached hydrogen (secondary N) is 2. The van der Waals surface area contributed by atoms with Gasteiger partial charge in [0.05, 0.1) is 6.04 Å². The van der Waals surface area contributed by atoms with E-state index < -0.39 is 11.5 Å². The number of hydrogen-bond acceptors (Lipinski definition) is 4. The molecular formula is C23H28ClN3O2S. The SMILES string of the molecule is CN(C)C(=O)C1NC(CC(C)(C)C)C2(C(=O)Nc3cc(Cl)ccc32)C1c1cccs1. The molecule has 160 valence electrons. The summed E-state index contributed by atoms with van der Waals surface area (Å²) >= 11 is 7.84. The van der Waals surface area contributed by atoms with Crippen LogP contribution in [0.1, 0.15) is 43.6 Å². The predicted octanol–water partition coefficient (Wildman–Crippen LogP) is 4.24. The Kier molecular flexibility index (Phi) is 5.24. The van der Waals surface area contributed by atoms with Crippen molar-refractivity contribution < 1.29 is 9.59 Å². The molecule has 7 heteroatoms. The standard InChI is InChI=1S/C23H28ClN3O2S/c1-22(2,3)12-17-23(14-9-8-13(24)11-15(14)25-21(23)29)18(16-7-6-10-30-16)19(26-17)20(28)27(4)5/h6-11,17-19,26H,12H2,1-5H3,(H,25,29). The Balaban J connectivity index is 1.98. The van der Waals surface area contributed by atoms with Crippen molar-refractivity contribution in [2.75, 3.05) is 19.4 Å². The predicted molar refractivity (Wildman–Crippen MR) is 122 cm³/mol. The van der Waals surface area contributed by atoms with Crippen molar-refractivity contribution in [3.8, 4) is 0 Å². The summed E-state index contributed by atoms with van der Waals surface area (Å²) in [4.78, 5) is 29.7. The van der Waals surface area contributed by atoms with Crippen LogP contribution in [-0.2, 0) is 15.0 Å². The number of nitrogens with zero attached hydrogens (tertiary/aromatic N) is 1. The normalized spacial score (nSPS) is 27.9. The van der Waals surface area contributed by atoms with Gasteiger partial charge in [0.25, 0.3) is 0 Å². The topological polar surface area (TPSA) is 61.4 Å². The lowest BCUT2D eigenvalue weighted by atomic mass is 9.64. The molecule has 5 nitrogen and oxygen atoms in total. The van der Waals surface area contributed by atoms with Crippen molar-refractivity contribution in [3.63, 3.8) is 0 Å². The number of carbonyl (C=O) groups is 2. The van der Waals surface area contributed by atoms with Gasteiger partial charge in [0.1, 0.15) is 5.41 Å². The van der Waals surface area contributed by atoms with Crippen molar-refractivity contribution in [2.24, 2.45) is 5.41 Å². The van der Waals surface area contributed by atoms with E-state index in [-0.39, 0.29) is 29.2 Å². The summed E-state index contributed by atoms with van der Waals surface area (Å²) in [6, 6.07) is 8.94. The molecule has 4 atom stereocenters. The maximum absolute atomic E-state index is 13.8. The molecule has 2 aliphatic rings. The van der Waals surface area contributed by atoms with E-state index in [2.05, 4.69) is 31.4 Å². The Labute approximate surface area is 186 Å². The van der Waals surface area contributed by atoms with E-state index in [0.29, 0.717) is 5.02 Å². The molecule has 1 aromatic heterocycles. The van der Waals surface area contributed by atoms with E-state index in [1.54, 1.807) is 30.3 Å². The second-order valence-corrected chi connectivity index (χ2v) is 11.1. The van der Waals surface area contributed by atoms with E-state index in [9.17, 15) is 9.59 Å². The van der Waals surface area contributed by atoms with Gasteiger partial charge in [-0.3, -0.25) is 9.59 Å². The Morgan fingerprint density at radius 1 is 1.27 bits per heavy atom. The summed E-state index contributed by atoms with van der Waals surface area (Å²) in [6.07, 6.45) is 0.752. The minimum atomic E-state index is -0.881. The Bertz CT molecular complexity index is 983. The van der Waals surface area contributed by atoms with Crippen LogP contribution in [0.2, 0.25) is 5.02 Å². The highest BCUT2D eigenvalue weighted by atomic mass is 35.5. The monoisotopic (exact) mass is 445 g/mol. The number of fused-ring (bicyclic) bond motifs is 2. The van der Waals surface area contributed by atoms with Gasteiger partial charge in [0, 0.05) is 41.6 Å². The first-order chi connectivity index (χ1) is 14.1. The van der Waals surface area contributed by atoms with Crippen molar-refractivity contribution in [3.05, 3.63) is 51.2 Å². The Morgan fingerprint density at radius 3 is 2.60 bits per heavy atom. The molecule has 4 rings (SSSR count). The average molecular weight is 446 g/mol. The van der Waals surface area contributed by atoms with Crippen LogP contribution in [0, 0.1) is 5.41 Å². The molecule has 4 unspecified atom stereocenters. The second-order valence-electron chi connectivity index (χ2n) is 9.70. The fourth-order valence-electron chi connectivity index (χ4n) is 5.09. The lowest BCUT2D eigenvalue weighted by Gasteiger charge is -2.37. The van der Waals surface area contributed by atoms with E-state index in [1.807, 2.05) is 35.7 Å². The van der Waals surface area contributed by atoms with Crippen LogP contribution in [0.5, 0.6) is 0 Å². The Morgan fingerprint density at radius 2 is 2.00 bits per heavy atom. The number of rotatable bonds is 3. The smallest absolute Gasteiger partial charge is 0.239 e. The summed E-state index contributed by atoms with van der Waals surface area (Å²) in [5.41, 5.74) is 0.753. The van der Waals surface area contributed by atoms with Crippen LogP contribution in [0.4, 0.5) is 5.69 Å².